The Hall–Kier alpha value is -2.78. The number of hydrogen-bond acceptors (Lipinski definition) is 6. The van der Waals surface area contributed by atoms with Crippen molar-refractivity contribution >= 4 is 39.1 Å². The molecule has 0 bridgehead atoms. The number of hydrogen-bond donors (Lipinski definition) is 1. The fraction of sp³-hybridized carbons (Fsp3) is 0.0625. The maximum Gasteiger partial charge on any atom is 0.288 e. The van der Waals surface area contributed by atoms with Crippen LogP contribution in [0, 0.1) is 10.1 Å². The van der Waals surface area contributed by atoms with Gasteiger partial charge >= 0.3 is 0 Å². The highest BCUT2D eigenvalue weighted by Crippen LogP contribution is 2.25. The van der Waals surface area contributed by atoms with Crippen LogP contribution < -0.4 is 5.32 Å². The second kappa shape index (κ2) is 7.63. The van der Waals surface area contributed by atoms with Crippen LogP contribution in [0.3, 0.4) is 0 Å². The van der Waals surface area contributed by atoms with E-state index in [2.05, 4.69) is 31.4 Å². The van der Waals surface area contributed by atoms with Gasteiger partial charge in [-0.15, -0.1) is 0 Å². The van der Waals surface area contributed by atoms with Crippen LogP contribution in [0.4, 0.5) is 5.69 Å². The predicted molar refractivity (Wildman–Crippen MR) is 96.7 cm³/mol. The lowest BCUT2D eigenvalue weighted by molar-refractivity contribution is -0.384. The summed E-state index contributed by atoms with van der Waals surface area (Å²) in [6.07, 6.45) is 0. The fourth-order valence-electron chi connectivity index (χ4n) is 2.12. The minimum absolute atomic E-state index is 0.0176. The number of nitro benzene ring substituents is 1. The molecule has 0 fully saturated rings. The highest BCUT2D eigenvalue weighted by Gasteiger charge is 2.17. The number of benzene rings is 2. The van der Waals surface area contributed by atoms with Gasteiger partial charge in [-0.05, 0) is 24.3 Å². The van der Waals surface area contributed by atoms with Crippen molar-refractivity contribution in [3.63, 3.8) is 0 Å². The molecule has 26 heavy (non-hydrogen) atoms. The first-order chi connectivity index (χ1) is 12.4. The first-order valence-corrected chi connectivity index (χ1v) is 8.42. The third kappa shape index (κ3) is 4.06. The van der Waals surface area contributed by atoms with E-state index in [1.54, 1.807) is 0 Å². The quantitative estimate of drug-likeness (QED) is 0.477. The first-order valence-electron chi connectivity index (χ1n) is 7.24. The van der Waals surface area contributed by atoms with Crippen LogP contribution in [0.2, 0.25) is 5.02 Å². The lowest BCUT2D eigenvalue weighted by atomic mass is 10.2. The molecule has 0 aliphatic carbocycles. The number of carbonyl (C=O) groups excluding carboxylic acids is 1. The zero-order valence-electron chi connectivity index (χ0n) is 13.0. The van der Waals surface area contributed by atoms with Crippen LogP contribution in [0.25, 0.3) is 11.4 Å². The highest BCUT2D eigenvalue weighted by molar-refractivity contribution is 9.10. The minimum atomic E-state index is -0.651. The Kier molecular flexibility index (Phi) is 5.29. The van der Waals surface area contributed by atoms with E-state index in [1.165, 1.54) is 12.1 Å². The average molecular weight is 438 g/mol. The number of nitrogens with zero attached hydrogens (tertiary/aromatic N) is 3. The second-order valence-corrected chi connectivity index (χ2v) is 6.45. The average Bonchev–Trinajstić information content (AvgIpc) is 3.09. The van der Waals surface area contributed by atoms with Crippen LogP contribution in [0.15, 0.2) is 51.5 Å². The Bertz CT molecular complexity index is 992. The van der Waals surface area contributed by atoms with Crippen molar-refractivity contribution in [3.8, 4) is 11.4 Å². The van der Waals surface area contributed by atoms with Crippen LogP contribution >= 0.6 is 27.5 Å². The lowest BCUT2D eigenvalue weighted by Gasteiger charge is -2.03. The van der Waals surface area contributed by atoms with E-state index in [-0.39, 0.29) is 28.7 Å². The molecule has 0 spiro atoms. The molecule has 0 radical (unpaired) electrons. The monoisotopic (exact) mass is 436 g/mol. The highest BCUT2D eigenvalue weighted by atomic mass is 79.9. The van der Waals surface area contributed by atoms with E-state index in [0.29, 0.717) is 5.82 Å². The Balaban J connectivity index is 1.69. The molecule has 1 amide bonds. The zero-order valence-corrected chi connectivity index (χ0v) is 15.3. The summed E-state index contributed by atoms with van der Waals surface area (Å²) in [7, 11) is 0. The minimum Gasteiger partial charge on any atom is -0.343 e. The second-order valence-electron chi connectivity index (χ2n) is 5.13. The molecule has 0 saturated heterocycles. The molecule has 8 nitrogen and oxygen atoms in total. The zero-order chi connectivity index (χ0) is 18.7. The van der Waals surface area contributed by atoms with Gasteiger partial charge in [-0.3, -0.25) is 14.9 Å². The SMILES string of the molecule is O=C(NCc1nc(-c2cccc(Br)c2)no1)c1ccc(Cl)c([N+](=O)[O-])c1. The third-order valence-corrected chi connectivity index (χ3v) is 4.17. The summed E-state index contributed by atoms with van der Waals surface area (Å²) < 4.78 is 5.98. The topological polar surface area (TPSA) is 111 Å². The van der Waals surface area contributed by atoms with Gasteiger partial charge in [-0.2, -0.15) is 4.98 Å². The molecule has 3 rings (SSSR count). The standard InChI is InChI=1S/C16H10BrClN4O4/c17-11-3-1-2-9(6-11)15-20-14(26-21-15)8-19-16(23)10-4-5-12(18)13(7-10)22(24)25/h1-7H,8H2,(H,19,23). The molecule has 2 aromatic carbocycles. The van der Waals surface area contributed by atoms with Gasteiger partial charge in [0.25, 0.3) is 11.6 Å². The molecule has 1 heterocycles. The van der Waals surface area contributed by atoms with Gasteiger partial charge in [-0.25, -0.2) is 0 Å². The maximum atomic E-state index is 12.2. The summed E-state index contributed by atoms with van der Waals surface area (Å²) in [6, 6.07) is 11.2. The molecule has 0 aliphatic rings. The van der Waals surface area contributed by atoms with E-state index in [4.69, 9.17) is 16.1 Å². The summed E-state index contributed by atoms with van der Waals surface area (Å²) in [6.45, 7) is -0.0176. The first kappa shape index (κ1) is 18.0. The van der Waals surface area contributed by atoms with Crippen molar-refractivity contribution in [1.82, 2.24) is 15.5 Å². The van der Waals surface area contributed by atoms with Crippen LogP contribution in [-0.4, -0.2) is 21.0 Å². The van der Waals surface area contributed by atoms with Gasteiger partial charge < -0.3 is 9.84 Å². The van der Waals surface area contributed by atoms with Crippen LogP contribution in [-0.2, 0) is 6.54 Å². The van der Waals surface area contributed by atoms with Crippen molar-refractivity contribution in [2.75, 3.05) is 0 Å². The summed E-state index contributed by atoms with van der Waals surface area (Å²) >= 11 is 9.09. The largest absolute Gasteiger partial charge is 0.343 e. The molecule has 132 valence electrons. The van der Waals surface area contributed by atoms with Crippen molar-refractivity contribution < 1.29 is 14.2 Å². The molecule has 0 unspecified atom stereocenters. The molecule has 3 aromatic rings. The lowest BCUT2D eigenvalue weighted by Crippen LogP contribution is -2.23. The van der Waals surface area contributed by atoms with E-state index in [9.17, 15) is 14.9 Å². The molecule has 10 heteroatoms. The van der Waals surface area contributed by atoms with Gasteiger partial charge in [0, 0.05) is 21.7 Å². The molecule has 1 N–H and O–H groups in total. The number of carbonyl (C=O) groups is 1. The van der Waals surface area contributed by atoms with Crippen molar-refractivity contribution in [3.05, 3.63) is 73.5 Å². The summed E-state index contributed by atoms with van der Waals surface area (Å²) in [5, 5.41) is 17.3. The number of halogens is 2. The molecule has 0 saturated carbocycles. The Morgan fingerprint density at radius 3 is 2.85 bits per heavy atom. The molecular weight excluding hydrogens is 428 g/mol. The van der Waals surface area contributed by atoms with Gasteiger partial charge in [-0.1, -0.05) is 44.8 Å². The van der Waals surface area contributed by atoms with Gasteiger partial charge in [0.2, 0.25) is 11.7 Å². The number of amides is 1. The molecular formula is C16H10BrClN4O4. The Morgan fingerprint density at radius 2 is 2.12 bits per heavy atom. The molecule has 0 atom stereocenters. The normalized spacial score (nSPS) is 10.5. The van der Waals surface area contributed by atoms with Crippen molar-refractivity contribution in [1.29, 1.82) is 0 Å². The predicted octanol–water partition coefficient (Wildman–Crippen LogP) is 3.99. The van der Waals surface area contributed by atoms with Crippen LogP contribution in [0.5, 0.6) is 0 Å². The Morgan fingerprint density at radius 1 is 1.31 bits per heavy atom. The Labute approximate surface area is 160 Å². The number of aromatic nitrogens is 2. The van der Waals surface area contributed by atoms with E-state index < -0.39 is 10.8 Å². The van der Waals surface area contributed by atoms with E-state index >= 15 is 0 Å². The van der Waals surface area contributed by atoms with Crippen LogP contribution in [0.1, 0.15) is 16.2 Å². The number of nitro groups is 1. The summed E-state index contributed by atoms with van der Waals surface area (Å²) in [5.41, 5.74) is 0.524. The number of rotatable bonds is 5. The van der Waals surface area contributed by atoms with Crippen molar-refractivity contribution in [2.45, 2.75) is 6.54 Å². The van der Waals surface area contributed by atoms with E-state index in [1.807, 2.05) is 24.3 Å². The summed E-state index contributed by atoms with van der Waals surface area (Å²) in [4.78, 5) is 26.6. The smallest absolute Gasteiger partial charge is 0.288 e. The molecule has 0 aliphatic heterocycles. The van der Waals surface area contributed by atoms with Crippen molar-refractivity contribution in [2.24, 2.45) is 0 Å². The third-order valence-electron chi connectivity index (χ3n) is 3.36. The van der Waals surface area contributed by atoms with E-state index in [0.717, 1.165) is 16.1 Å². The maximum absolute atomic E-state index is 12.2. The van der Waals surface area contributed by atoms with Gasteiger partial charge in [0.05, 0.1) is 11.5 Å². The summed E-state index contributed by atoms with van der Waals surface area (Å²) in [5.74, 6) is 0.0708. The van der Waals surface area contributed by atoms with Gasteiger partial charge in [0.15, 0.2) is 0 Å². The number of nitrogens with one attached hydrogen (secondary N) is 1. The molecule has 1 aromatic heterocycles. The fourth-order valence-corrected chi connectivity index (χ4v) is 2.71. The van der Waals surface area contributed by atoms with Gasteiger partial charge in [0.1, 0.15) is 5.02 Å².